The average molecular weight is 689 g/mol. The van der Waals surface area contributed by atoms with Gasteiger partial charge in [-0.3, -0.25) is 0 Å². The smallest absolute Gasteiger partial charge is 0.0945 e. The Morgan fingerprint density at radius 3 is 0.667 bits per heavy atom. The number of hydrogen-bond donors (Lipinski definition) is 0. The van der Waals surface area contributed by atoms with E-state index in [1.807, 2.05) is 0 Å². The first-order valence-corrected chi connectivity index (χ1v) is 20.6. The molecule has 13 heteroatoms. The lowest BCUT2D eigenvalue weighted by Crippen LogP contribution is -2.13. The van der Waals surface area contributed by atoms with E-state index in [0.717, 1.165) is 64.6 Å². The topological polar surface area (TPSA) is 161 Å². The van der Waals surface area contributed by atoms with E-state index in [2.05, 4.69) is 0 Å². The number of ether oxygens (including phenoxy) is 5. The van der Waals surface area contributed by atoms with Crippen molar-refractivity contribution in [2.45, 2.75) is 128 Å². The van der Waals surface area contributed by atoms with E-state index >= 15 is 0 Å². The summed E-state index contributed by atoms with van der Waals surface area (Å²) in [6, 6.07) is 0. The Kier molecular flexibility index (Phi) is 33.2. The number of hydrogen-bond acceptors (Lipinski definition) is 11. The molecule has 0 radical (unpaired) electrons. The van der Waals surface area contributed by atoms with Crippen LogP contribution in [-0.4, -0.2) is 104 Å². The minimum Gasteiger partial charge on any atom is -0.748 e. The van der Waals surface area contributed by atoms with Crippen molar-refractivity contribution in [1.29, 1.82) is 0 Å². The molecule has 0 spiro atoms. The molecule has 272 valence electrons. The minimum absolute atomic E-state index is 0.230. The van der Waals surface area contributed by atoms with Gasteiger partial charge in [0.2, 0.25) is 0 Å². The van der Waals surface area contributed by atoms with Crippen LogP contribution in [0.1, 0.15) is 128 Å². The van der Waals surface area contributed by atoms with Crippen LogP contribution < -0.4 is 0 Å². The van der Waals surface area contributed by atoms with Crippen LogP contribution in [-0.2, 0) is 43.9 Å². The molecule has 0 aromatic rings. The molecule has 0 aromatic heterocycles. The Morgan fingerprint density at radius 1 is 0.267 bits per heavy atom. The van der Waals surface area contributed by atoms with Crippen molar-refractivity contribution in [3.05, 3.63) is 0 Å². The highest BCUT2D eigenvalue weighted by Gasteiger charge is 1.99. The molecule has 0 aliphatic rings. The summed E-state index contributed by atoms with van der Waals surface area (Å²) in [4.78, 5) is 0. The second-order valence-electron chi connectivity index (χ2n) is 11.7. The zero-order valence-corrected chi connectivity index (χ0v) is 29.6. The zero-order valence-electron chi connectivity index (χ0n) is 27.9. The zero-order chi connectivity index (χ0) is 33.2. The summed E-state index contributed by atoms with van der Waals surface area (Å²) in [6.07, 6.45) is 20.9. The van der Waals surface area contributed by atoms with E-state index in [9.17, 15) is 25.9 Å². The maximum absolute atomic E-state index is 10.5. The maximum Gasteiger partial charge on any atom is 0.0945 e. The Bertz CT molecular complexity index is 742. The molecule has 0 aliphatic heterocycles. The molecule has 0 aliphatic carbocycles. The van der Waals surface area contributed by atoms with Crippen molar-refractivity contribution in [2.24, 2.45) is 0 Å². The summed E-state index contributed by atoms with van der Waals surface area (Å²) in [5.41, 5.74) is 0. The van der Waals surface area contributed by atoms with Crippen LogP contribution in [0.5, 0.6) is 0 Å². The van der Waals surface area contributed by atoms with Gasteiger partial charge in [-0.2, -0.15) is 0 Å². The van der Waals surface area contributed by atoms with Crippen molar-refractivity contribution in [3.8, 4) is 0 Å². The van der Waals surface area contributed by atoms with Gasteiger partial charge in [0.1, 0.15) is 0 Å². The van der Waals surface area contributed by atoms with Gasteiger partial charge in [0.05, 0.1) is 73.1 Å². The van der Waals surface area contributed by atoms with Gasteiger partial charge < -0.3 is 32.8 Å². The van der Waals surface area contributed by atoms with Gasteiger partial charge in [-0.25, -0.2) is 16.8 Å². The van der Waals surface area contributed by atoms with Crippen LogP contribution in [0, 0.1) is 0 Å². The minimum atomic E-state index is -4.05. The molecular weight excluding hydrogens is 624 g/mol. The molecule has 0 amide bonds. The second kappa shape index (κ2) is 33.5. The monoisotopic (exact) mass is 688 g/mol. The Morgan fingerprint density at radius 2 is 0.444 bits per heavy atom. The summed E-state index contributed by atoms with van der Waals surface area (Å²) in [5, 5.41) is 0. The van der Waals surface area contributed by atoms with E-state index in [1.54, 1.807) is 0 Å². The van der Waals surface area contributed by atoms with E-state index < -0.39 is 20.2 Å². The first-order valence-electron chi connectivity index (χ1n) is 17.5. The van der Waals surface area contributed by atoms with Crippen molar-refractivity contribution in [3.63, 3.8) is 0 Å². The Hall–Kier alpha value is -0.380. The van der Waals surface area contributed by atoms with Gasteiger partial charge in [0.15, 0.2) is 0 Å². The fourth-order valence-electron chi connectivity index (χ4n) is 4.78. The lowest BCUT2D eigenvalue weighted by atomic mass is 10.1. The van der Waals surface area contributed by atoms with Gasteiger partial charge in [0, 0.05) is 24.7 Å². The summed E-state index contributed by atoms with van der Waals surface area (Å²) in [7, 11) is -8.09. The number of unbranched alkanes of at least 4 members (excludes halogenated alkanes) is 18. The SMILES string of the molecule is O=S(=O)([O-])CCCCCCCCCCCCOCCOCCOCCOCCOCCCCCCCCCCCCS(=O)(=O)[O-]. The van der Waals surface area contributed by atoms with Gasteiger partial charge >= 0.3 is 0 Å². The third kappa shape index (κ3) is 43.6. The van der Waals surface area contributed by atoms with Crippen molar-refractivity contribution >= 4 is 20.2 Å². The number of rotatable bonds is 38. The van der Waals surface area contributed by atoms with Gasteiger partial charge in [-0.15, -0.1) is 0 Å². The molecule has 0 atom stereocenters. The van der Waals surface area contributed by atoms with Crippen LogP contribution in [0.4, 0.5) is 0 Å². The van der Waals surface area contributed by atoms with Crippen molar-refractivity contribution in [2.75, 3.05) is 77.6 Å². The largest absolute Gasteiger partial charge is 0.748 e. The van der Waals surface area contributed by atoms with E-state index in [0.29, 0.717) is 65.7 Å². The van der Waals surface area contributed by atoms with Crippen LogP contribution in [0.3, 0.4) is 0 Å². The van der Waals surface area contributed by atoms with Gasteiger partial charge in [0.25, 0.3) is 0 Å². The molecule has 0 bridgehead atoms. The van der Waals surface area contributed by atoms with E-state index in [1.165, 1.54) is 64.2 Å². The second-order valence-corrected chi connectivity index (χ2v) is 14.7. The third-order valence-corrected chi connectivity index (χ3v) is 8.93. The lowest BCUT2D eigenvalue weighted by Gasteiger charge is -2.08. The van der Waals surface area contributed by atoms with Crippen LogP contribution in [0.15, 0.2) is 0 Å². The average Bonchev–Trinajstić information content (AvgIpc) is 2.97. The molecule has 0 saturated carbocycles. The van der Waals surface area contributed by atoms with Crippen LogP contribution in [0.25, 0.3) is 0 Å². The highest BCUT2D eigenvalue weighted by molar-refractivity contribution is 7.85. The Balaban J connectivity index is 3.08. The van der Waals surface area contributed by atoms with Gasteiger partial charge in [-0.05, 0) is 25.7 Å². The molecule has 0 saturated heterocycles. The summed E-state index contributed by atoms with van der Waals surface area (Å²) >= 11 is 0. The molecule has 0 fully saturated rings. The Labute approximate surface area is 275 Å². The third-order valence-electron chi connectivity index (χ3n) is 7.35. The molecule has 0 unspecified atom stereocenters. The fourth-order valence-corrected chi connectivity index (χ4v) is 5.89. The molecule has 0 rings (SSSR count). The quantitative estimate of drug-likeness (QED) is 0.0556. The molecule has 11 nitrogen and oxygen atoms in total. The normalized spacial score (nSPS) is 12.3. The van der Waals surface area contributed by atoms with Crippen LogP contribution >= 0.6 is 0 Å². The molecular formula is C32H64O11S2-2. The first kappa shape index (κ1) is 44.6. The lowest BCUT2D eigenvalue weighted by molar-refractivity contribution is -0.0114. The predicted molar refractivity (Wildman–Crippen MR) is 176 cm³/mol. The molecule has 0 aromatic carbocycles. The van der Waals surface area contributed by atoms with Crippen molar-refractivity contribution < 1.29 is 49.6 Å². The highest BCUT2D eigenvalue weighted by atomic mass is 32.2. The molecule has 0 N–H and O–H groups in total. The first-order chi connectivity index (χ1) is 21.7. The predicted octanol–water partition coefficient (Wildman–Crippen LogP) is 5.96. The maximum atomic E-state index is 10.5. The molecule has 45 heavy (non-hydrogen) atoms. The highest BCUT2D eigenvalue weighted by Crippen LogP contribution is 2.12. The standard InChI is InChI=1S/C32H66O11S2/c33-44(34,35)31-19-15-11-7-3-1-5-9-13-17-21-39-23-25-41-27-29-43-30-28-42-26-24-40-22-18-14-10-6-2-4-8-12-16-20-32-45(36,37)38/h1-32H2,(H,33,34,35)(H,36,37,38)/p-2. The summed E-state index contributed by atoms with van der Waals surface area (Å²) in [5.74, 6) is -0.461. The summed E-state index contributed by atoms with van der Waals surface area (Å²) < 4.78 is 91.0. The van der Waals surface area contributed by atoms with Crippen molar-refractivity contribution in [1.82, 2.24) is 0 Å². The molecule has 0 heterocycles. The van der Waals surface area contributed by atoms with Crippen LogP contribution in [0.2, 0.25) is 0 Å². The summed E-state index contributed by atoms with van der Waals surface area (Å²) in [6.45, 7) is 6.02. The fraction of sp³-hybridized carbons (Fsp3) is 1.00. The van der Waals surface area contributed by atoms with E-state index in [4.69, 9.17) is 23.7 Å². The van der Waals surface area contributed by atoms with E-state index in [-0.39, 0.29) is 11.5 Å². The van der Waals surface area contributed by atoms with Gasteiger partial charge in [-0.1, -0.05) is 103 Å².